The van der Waals surface area contributed by atoms with Crippen LogP contribution in [0.1, 0.15) is 53.2 Å². The van der Waals surface area contributed by atoms with E-state index in [1.807, 2.05) is 109 Å². The number of likely N-dealkylation sites (N-methyl/N-ethyl adjacent to an activating group) is 1. The predicted octanol–water partition coefficient (Wildman–Crippen LogP) is 9.75. The summed E-state index contributed by atoms with van der Waals surface area (Å²) in [4.78, 5) is 141. The van der Waals surface area contributed by atoms with E-state index in [1.165, 1.54) is 44.8 Å². The molecule has 0 bridgehead atoms. The molecule has 6 aliphatic heterocycles. The number of ether oxygens (including phenoxy) is 8. The van der Waals surface area contributed by atoms with Crippen molar-refractivity contribution in [2.45, 2.75) is 45.1 Å². The van der Waals surface area contributed by atoms with E-state index in [2.05, 4.69) is 133 Å². The number of carbonyl (C=O) groups excluding carboxylic acids is 6. The lowest BCUT2D eigenvalue weighted by molar-refractivity contribution is -0.121. The highest BCUT2D eigenvalue weighted by Crippen LogP contribution is 2.44. The monoisotopic (exact) mass is 1910 g/mol. The molecule has 18 rings (SSSR count). The van der Waals surface area contributed by atoms with E-state index in [0.29, 0.717) is 106 Å². The molecule has 2 unspecified atom stereocenters. The number of imidazole rings is 6. The number of carbonyl (C=O) groups is 6. The van der Waals surface area contributed by atoms with E-state index in [4.69, 9.17) is 38.0 Å². The van der Waals surface area contributed by atoms with E-state index < -0.39 is 24.0 Å². The summed E-state index contributed by atoms with van der Waals surface area (Å²) < 4.78 is 57.6. The molecule has 10 amide bonds. The maximum Gasteiger partial charge on any atom is 0.411 e. The fraction of sp³-hybridized carbons (Fsp3) is 0.337. The SMILES string of the molecule is CCN(C(=O)NOC)c1ccc2c(c1)N(Cc1cnc[nH]1)CCO2.CNC(=O)N(C)c1ccc2c(c1)N(C(C#N)c1cnc[nH]1)CCO2.CNC(=O)N(C)c1ccc2c(c1)N(CCc1cnc[nH]1)CCO2.CNC(=O)Nc1ccc2c(n1)N(Cc1cnc[nH]1)CCO2.COC(=O)Nc1cc(F)c2c(c1)N(C(C#N)c1cnc[nH]1)CCO2.COCC(=O)N(C)c1ccc2c(c1)N(Cc1cnc[nH]1)CCO2. The molecule has 5 aromatic carbocycles. The molecule has 13 heterocycles. The summed E-state index contributed by atoms with van der Waals surface area (Å²) in [6, 6.07) is 31.3. The molecule has 12 N–H and O–H groups in total. The Labute approximate surface area is 799 Å². The van der Waals surface area contributed by atoms with E-state index in [0.717, 1.165) is 137 Å². The van der Waals surface area contributed by atoms with Crippen molar-refractivity contribution in [1.82, 2.24) is 86.2 Å². The third kappa shape index (κ3) is 25.4. The van der Waals surface area contributed by atoms with E-state index in [9.17, 15) is 43.7 Å². The van der Waals surface area contributed by atoms with Gasteiger partial charge in [-0.15, -0.1) is 0 Å². The Kier molecular flexibility index (Phi) is 34.7. The molecule has 47 heteroatoms. The molecule has 7 aromatic heterocycles. The Bertz CT molecular complexity index is 6110. The number of methoxy groups -OCH3 is 2. The summed E-state index contributed by atoms with van der Waals surface area (Å²) in [5.74, 6) is 4.40. The first-order chi connectivity index (χ1) is 67.6. The maximum atomic E-state index is 14.3. The third-order valence-corrected chi connectivity index (χ3v) is 22.5. The average Bonchev–Trinajstić information content (AvgIpc) is 1.74. The number of hydrogen-bond acceptors (Lipinski definition) is 30. The highest BCUT2D eigenvalue weighted by Gasteiger charge is 2.34. The van der Waals surface area contributed by atoms with Crippen molar-refractivity contribution in [3.8, 4) is 46.6 Å². The number of halogens is 1. The van der Waals surface area contributed by atoms with Crippen molar-refractivity contribution in [3.63, 3.8) is 0 Å². The molecular formula is C92H110FN31O15. The first kappa shape index (κ1) is 99.2. The smallest absolute Gasteiger partial charge is 0.411 e. The van der Waals surface area contributed by atoms with Gasteiger partial charge in [0.15, 0.2) is 35.2 Å². The van der Waals surface area contributed by atoms with Crippen LogP contribution in [-0.4, -0.2) is 263 Å². The highest BCUT2D eigenvalue weighted by molar-refractivity contribution is 5.96. The molecule has 2 atom stereocenters. The lowest BCUT2D eigenvalue weighted by Crippen LogP contribution is -2.39. The second kappa shape index (κ2) is 48.6. The number of anilines is 12. The molecule has 0 saturated heterocycles. The van der Waals surface area contributed by atoms with Gasteiger partial charge in [0.2, 0.25) is 0 Å². The molecule has 0 aliphatic carbocycles. The van der Waals surface area contributed by atoms with Crippen molar-refractivity contribution in [3.05, 3.63) is 212 Å². The van der Waals surface area contributed by atoms with Crippen LogP contribution in [0.25, 0.3) is 0 Å². The minimum atomic E-state index is -0.719. The summed E-state index contributed by atoms with van der Waals surface area (Å²) in [6.45, 7) is 12.8. The fourth-order valence-electron chi connectivity index (χ4n) is 15.4. The number of urea groups is 4. The topological polar surface area (TPSA) is 523 Å². The Hall–Kier alpha value is -17.2. The summed E-state index contributed by atoms with van der Waals surface area (Å²) in [7, 11) is 14.1. The number of nitrogens with one attached hydrogen (secondary N) is 12. The molecule has 0 spiro atoms. The maximum absolute atomic E-state index is 14.3. The van der Waals surface area contributed by atoms with Crippen LogP contribution in [0.3, 0.4) is 0 Å². The van der Waals surface area contributed by atoms with Gasteiger partial charge in [0, 0.05) is 134 Å². The molecule has 12 aromatic rings. The van der Waals surface area contributed by atoms with Crippen LogP contribution in [0.4, 0.5) is 96.9 Å². The van der Waals surface area contributed by atoms with Crippen LogP contribution in [-0.2, 0) is 45.2 Å². The quantitative estimate of drug-likeness (QED) is 0.0265. The van der Waals surface area contributed by atoms with Crippen molar-refractivity contribution in [1.29, 1.82) is 10.5 Å². The number of amides is 10. The Morgan fingerprint density at radius 3 is 1.38 bits per heavy atom. The number of rotatable bonds is 23. The van der Waals surface area contributed by atoms with Crippen LogP contribution >= 0.6 is 0 Å². The number of pyridine rings is 1. The van der Waals surface area contributed by atoms with Gasteiger partial charge < -0.3 is 118 Å². The third-order valence-electron chi connectivity index (χ3n) is 22.5. The number of hydrogen-bond donors (Lipinski definition) is 12. The van der Waals surface area contributed by atoms with Gasteiger partial charge in [-0.05, 0) is 97.9 Å². The zero-order valence-electron chi connectivity index (χ0n) is 78.3. The summed E-state index contributed by atoms with van der Waals surface area (Å²) >= 11 is 0. The van der Waals surface area contributed by atoms with Crippen molar-refractivity contribution < 1.29 is 75.9 Å². The Morgan fingerprint density at radius 1 is 0.475 bits per heavy atom. The fourth-order valence-corrected chi connectivity index (χ4v) is 15.4. The minimum absolute atomic E-state index is 0.0384. The summed E-state index contributed by atoms with van der Waals surface area (Å²) in [5, 5.41) is 31.9. The van der Waals surface area contributed by atoms with Crippen LogP contribution in [0.5, 0.6) is 34.5 Å². The number of hydroxylamine groups is 1. The van der Waals surface area contributed by atoms with Gasteiger partial charge >= 0.3 is 30.2 Å². The largest absolute Gasteiger partial charge is 0.490 e. The van der Waals surface area contributed by atoms with Crippen molar-refractivity contribution >= 4 is 105 Å². The van der Waals surface area contributed by atoms with Crippen molar-refractivity contribution in [2.24, 2.45) is 0 Å². The molecule has 6 aliphatic rings. The second-order valence-electron chi connectivity index (χ2n) is 31.1. The van der Waals surface area contributed by atoms with E-state index in [-0.39, 0.29) is 54.7 Å². The summed E-state index contributed by atoms with van der Waals surface area (Å²) in [5.41, 5.74) is 15.2. The molecule has 0 fully saturated rings. The lowest BCUT2D eigenvalue weighted by atomic mass is 10.1. The zero-order valence-corrected chi connectivity index (χ0v) is 78.3. The molecule has 46 nitrogen and oxygen atoms in total. The molecule has 0 saturated carbocycles. The van der Waals surface area contributed by atoms with Crippen LogP contribution in [0.15, 0.2) is 172 Å². The lowest BCUT2D eigenvalue weighted by Gasteiger charge is -2.34. The van der Waals surface area contributed by atoms with Gasteiger partial charge in [0.25, 0.3) is 5.91 Å². The number of nitriles is 2. The van der Waals surface area contributed by atoms with Crippen molar-refractivity contribution in [2.75, 3.05) is 222 Å². The Morgan fingerprint density at radius 2 is 0.906 bits per heavy atom. The van der Waals surface area contributed by atoms with Crippen LogP contribution < -0.4 is 109 Å². The average molecular weight is 1910 g/mol. The predicted molar refractivity (Wildman–Crippen MR) is 515 cm³/mol. The molecule has 0 radical (unpaired) electrons. The van der Waals surface area contributed by atoms with E-state index in [1.54, 1.807) is 112 Å². The minimum Gasteiger partial charge on any atom is -0.490 e. The number of H-pyrrole nitrogens is 6. The number of benzene rings is 5. The first-order valence-electron chi connectivity index (χ1n) is 44.1. The van der Waals surface area contributed by atoms with Gasteiger partial charge in [-0.3, -0.25) is 35.0 Å². The van der Waals surface area contributed by atoms with E-state index >= 15 is 0 Å². The molecular weight excluding hydrogens is 1800 g/mol. The number of aromatic amines is 6. The van der Waals surface area contributed by atoms with Gasteiger partial charge in [-0.25, -0.2) is 68.7 Å². The molecule has 730 valence electrons. The van der Waals surface area contributed by atoms with Crippen LogP contribution in [0, 0.1) is 28.5 Å². The number of nitrogens with zero attached hydrogens (tertiary/aromatic N) is 19. The summed E-state index contributed by atoms with van der Waals surface area (Å²) in [6.07, 6.45) is 20.3. The standard InChI is InChI=1S/C16H18N6O2.C16H21N5O3.C16H21N5O2.C16H20N4O3.C15H14FN5O3.C13H16N6O2/c1-18-16(23)21(2)11-3-4-15-13(7-11)22(5-6-24-15)14(8-17)12-9-19-10-20-12;1-3-21(16(22)19-23-2)13-4-5-15-14(8-13)20(6-7-24-15)10-12-9-17-11-18-12;1-17-16(22)20(2)13-3-4-15-14(9-13)21(7-8-23-15)6-5-12-10-18-11-19-12;1-19(16(21)10-22-2)13-3-4-15-14(7-13)20(5-6-23-15)9-12-8-17-11-18-12;1-23-15(22)20-9-4-10(16)14-12(5-9)21(2-3-24-14)13(6-17)11-7-18-8-19-11;1-14-13(20)18-11-3-2-10-12(17-11)19(4-5-21-10)7-9-6-15-8-16-9/h3-4,7,9-10,14H,5-6H2,1-2H3,(H,18,23)(H,19,20);4-5,8-9,11H,3,6-7,10H2,1-2H3,(H,17,18)(H,19,22);3-4,9-11H,5-8H2,1-2H3,(H,17,22)(H,18,19);3-4,7-8,11H,5-6,9-10H2,1-2H3,(H,17,18);4-5,7-8,13H,2-3H2,1H3,(H,18,19)(H,20,22);2-3,6,8H,4-5,7H2,1H3,(H,15,16)(H2,14,17,18,20). The van der Waals surface area contributed by atoms with Crippen LogP contribution in [0.2, 0.25) is 0 Å². The zero-order chi connectivity index (χ0) is 98.3. The second-order valence-corrected chi connectivity index (χ2v) is 31.1. The number of aromatic nitrogens is 13. The normalized spacial score (nSPS) is 13.6. The van der Waals surface area contributed by atoms with Gasteiger partial charge in [-0.2, -0.15) is 10.5 Å². The number of fused-ring (bicyclic) bond motifs is 6. The Balaban J connectivity index is 0.000000141. The molecule has 139 heavy (non-hydrogen) atoms. The van der Waals surface area contributed by atoms with Gasteiger partial charge in [0.1, 0.15) is 75.1 Å². The van der Waals surface area contributed by atoms with Gasteiger partial charge in [0.05, 0.1) is 193 Å². The highest BCUT2D eigenvalue weighted by atomic mass is 19.1. The first-order valence-corrected chi connectivity index (χ1v) is 44.1. The van der Waals surface area contributed by atoms with Gasteiger partial charge in [-0.1, -0.05) is 0 Å².